The van der Waals surface area contributed by atoms with Gasteiger partial charge in [0.25, 0.3) is 14.4 Å². The normalized spacial score (nSPS) is 15.8. The second-order valence-electron chi connectivity index (χ2n) is 14.5. The lowest BCUT2D eigenvalue weighted by Gasteiger charge is -2.43. The molecule has 0 bridgehead atoms. The Kier molecular flexibility index (Phi) is 15.5. The highest BCUT2D eigenvalue weighted by Gasteiger charge is 2.46. The number of carbonyl (C=O) groups is 3. The Bertz CT molecular complexity index is 1940. The fourth-order valence-corrected chi connectivity index (χ4v) is 8.73. The second-order valence-corrected chi connectivity index (χ2v) is 15.9. The van der Waals surface area contributed by atoms with Gasteiger partial charge in [-0.3, -0.25) is 9.59 Å². The van der Waals surface area contributed by atoms with Gasteiger partial charge in [-0.2, -0.15) is 10.2 Å². The van der Waals surface area contributed by atoms with Crippen molar-refractivity contribution in [2.75, 3.05) is 40.6 Å². The van der Waals surface area contributed by atoms with Crippen LogP contribution in [-0.2, 0) is 24.2 Å². The zero-order chi connectivity index (χ0) is 41.8. The van der Waals surface area contributed by atoms with Crippen molar-refractivity contribution >= 4 is 26.4 Å². The summed E-state index contributed by atoms with van der Waals surface area (Å²) in [6.07, 6.45) is 0.170. The Hall–Kier alpha value is -5.15. The van der Waals surface area contributed by atoms with E-state index >= 15 is 0 Å². The molecule has 4 aromatic rings. The van der Waals surface area contributed by atoms with Gasteiger partial charge in [0, 0.05) is 24.2 Å². The molecular weight excluding hydrogens is 755 g/mol. The molecule has 0 radical (unpaired) electrons. The van der Waals surface area contributed by atoms with E-state index in [1.165, 1.54) is 4.90 Å². The van der Waals surface area contributed by atoms with Crippen molar-refractivity contribution in [1.82, 2.24) is 14.5 Å². The maximum atomic E-state index is 14.6. The van der Waals surface area contributed by atoms with Crippen LogP contribution in [0.2, 0.25) is 0 Å². The van der Waals surface area contributed by atoms with E-state index in [0.29, 0.717) is 11.5 Å². The van der Waals surface area contributed by atoms with Crippen LogP contribution in [0.25, 0.3) is 0 Å². The standard InChI is InChI=1S/C45H53N4O8P/c1-32(2)49(33(3)4)58(56-28-14-27-46)57-31-39(47-29-34(5)42(50)48(44(47)52)43(51)35-15-10-8-11-16-35)30-55-45(36-17-12-9-13-18-36,37-19-23-40(53-6)24-20-37)38-21-25-41(54-7)26-22-38/h8-13,15-26,32-34,39H,14,28-31H2,1-7H3/t34?,39-,58?/m0/s1. The lowest BCUT2D eigenvalue weighted by atomic mass is 9.80. The number of amides is 4. The third-order valence-electron chi connectivity index (χ3n) is 9.92. The Morgan fingerprint density at radius 2 is 1.31 bits per heavy atom. The van der Waals surface area contributed by atoms with Gasteiger partial charge in [-0.25, -0.2) is 9.46 Å². The molecule has 4 aromatic carbocycles. The molecule has 0 spiro atoms. The number of hydrogen-bond donors (Lipinski definition) is 0. The number of imide groups is 3. The summed E-state index contributed by atoms with van der Waals surface area (Å²) in [4.78, 5) is 44.4. The highest BCUT2D eigenvalue weighted by molar-refractivity contribution is 7.44. The Balaban J connectivity index is 1.64. The molecule has 1 heterocycles. The van der Waals surface area contributed by atoms with Crippen molar-refractivity contribution in [2.24, 2.45) is 5.92 Å². The van der Waals surface area contributed by atoms with Gasteiger partial charge in [0.2, 0.25) is 5.91 Å². The highest BCUT2D eigenvalue weighted by atomic mass is 31.2. The van der Waals surface area contributed by atoms with Gasteiger partial charge in [-0.1, -0.05) is 79.7 Å². The fourth-order valence-electron chi connectivity index (χ4n) is 7.08. The first-order valence-electron chi connectivity index (χ1n) is 19.4. The van der Waals surface area contributed by atoms with Crippen LogP contribution >= 0.6 is 8.53 Å². The summed E-state index contributed by atoms with van der Waals surface area (Å²) < 4.78 is 33.4. The molecule has 1 fully saturated rings. The molecule has 12 nitrogen and oxygen atoms in total. The molecule has 0 N–H and O–H groups in total. The number of nitriles is 1. The van der Waals surface area contributed by atoms with Gasteiger partial charge in [-0.15, -0.1) is 0 Å². The summed E-state index contributed by atoms with van der Waals surface area (Å²) in [7, 11) is 1.48. The van der Waals surface area contributed by atoms with E-state index in [2.05, 4.69) is 10.7 Å². The molecule has 2 unspecified atom stereocenters. The van der Waals surface area contributed by atoms with Gasteiger partial charge in [0.15, 0.2) is 0 Å². The minimum absolute atomic E-state index is 0.0162. The van der Waals surface area contributed by atoms with E-state index < -0.39 is 43.9 Å². The fraction of sp³-hybridized carbons (Fsp3) is 0.378. The van der Waals surface area contributed by atoms with Gasteiger partial charge in [0.1, 0.15) is 17.1 Å². The quantitative estimate of drug-likeness (QED) is 0.0394. The third-order valence-corrected chi connectivity index (χ3v) is 12.0. The number of methoxy groups -OCH3 is 2. The average molecular weight is 809 g/mol. The monoisotopic (exact) mass is 808 g/mol. The number of nitrogens with zero attached hydrogens (tertiary/aromatic N) is 4. The highest BCUT2D eigenvalue weighted by Crippen LogP contribution is 2.47. The molecule has 3 atom stereocenters. The Morgan fingerprint density at radius 3 is 1.81 bits per heavy atom. The van der Waals surface area contributed by atoms with E-state index in [9.17, 15) is 19.6 Å². The smallest absolute Gasteiger partial charge is 0.334 e. The van der Waals surface area contributed by atoms with Gasteiger partial charge in [-0.05, 0) is 80.8 Å². The van der Waals surface area contributed by atoms with E-state index in [-0.39, 0.29) is 50.4 Å². The molecule has 1 saturated heterocycles. The first-order valence-corrected chi connectivity index (χ1v) is 20.5. The summed E-state index contributed by atoms with van der Waals surface area (Å²) in [5, 5.41) is 9.33. The molecule has 306 valence electrons. The summed E-state index contributed by atoms with van der Waals surface area (Å²) in [5.74, 6) is -0.685. The zero-order valence-corrected chi connectivity index (χ0v) is 35.1. The predicted octanol–water partition coefficient (Wildman–Crippen LogP) is 8.41. The number of rotatable bonds is 19. The van der Waals surface area contributed by atoms with Crippen LogP contribution in [0.1, 0.15) is 68.1 Å². The summed E-state index contributed by atoms with van der Waals surface area (Å²) in [5.41, 5.74) is 1.35. The lowest BCUT2D eigenvalue weighted by molar-refractivity contribution is -0.134. The minimum Gasteiger partial charge on any atom is -0.497 e. The van der Waals surface area contributed by atoms with Gasteiger partial charge < -0.3 is 28.2 Å². The lowest BCUT2D eigenvalue weighted by Crippen LogP contribution is -2.62. The van der Waals surface area contributed by atoms with Crippen molar-refractivity contribution in [3.8, 4) is 17.6 Å². The number of benzene rings is 4. The molecule has 5 rings (SSSR count). The van der Waals surface area contributed by atoms with Crippen LogP contribution in [0, 0.1) is 17.2 Å². The topological polar surface area (TPSA) is 131 Å². The van der Waals surface area contributed by atoms with Gasteiger partial charge >= 0.3 is 6.03 Å². The van der Waals surface area contributed by atoms with E-state index in [1.807, 2.05) is 107 Å². The molecule has 4 amide bonds. The molecule has 1 aliphatic rings. The summed E-state index contributed by atoms with van der Waals surface area (Å²) in [6, 6.07) is 33.9. The Labute approximate surface area is 343 Å². The molecular formula is C45H53N4O8P. The zero-order valence-electron chi connectivity index (χ0n) is 34.2. The van der Waals surface area contributed by atoms with Crippen LogP contribution in [0.3, 0.4) is 0 Å². The molecule has 0 aromatic heterocycles. The average Bonchev–Trinajstić information content (AvgIpc) is 3.24. The first-order chi connectivity index (χ1) is 28.0. The van der Waals surface area contributed by atoms with E-state index in [4.69, 9.17) is 23.3 Å². The van der Waals surface area contributed by atoms with Crippen LogP contribution in [0.15, 0.2) is 109 Å². The van der Waals surface area contributed by atoms with Crippen LogP contribution in [0.5, 0.6) is 11.5 Å². The SMILES string of the molecule is COc1ccc(C(OC[C@@H](COP(OCCC#N)N(C(C)C)C(C)C)N2CC(C)C(=O)N(C(=O)c3ccccc3)C2=O)(c2ccccc2)c2ccc(OC)cc2)cc1. The van der Waals surface area contributed by atoms with Crippen molar-refractivity contribution in [3.05, 3.63) is 131 Å². The number of hydrogen-bond acceptors (Lipinski definition) is 10. The largest absolute Gasteiger partial charge is 0.497 e. The number of carbonyl (C=O) groups excluding carboxylic acids is 3. The van der Waals surface area contributed by atoms with Gasteiger partial charge in [0.05, 0.1) is 58.5 Å². The second kappa shape index (κ2) is 20.5. The molecule has 58 heavy (non-hydrogen) atoms. The minimum atomic E-state index is -1.73. The molecule has 13 heteroatoms. The molecule has 0 saturated carbocycles. The summed E-state index contributed by atoms with van der Waals surface area (Å²) >= 11 is 0. The van der Waals surface area contributed by atoms with Crippen molar-refractivity contribution in [2.45, 2.75) is 64.8 Å². The first kappa shape index (κ1) is 44.0. The van der Waals surface area contributed by atoms with Crippen LogP contribution in [-0.4, -0.2) is 91.0 Å². The van der Waals surface area contributed by atoms with Crippen molar-refractivity contribution < 1.29 is 37.6 Å². The van der Waals surface area contributed by atoms with Crippen molar-refractivity contribution in [3.63, 3.8) is 0 Å². The summed E-state index contributed by atoms with van der Waals surface area (Å²) in [6.45, 7) is 9.85. The Morgan fingerprint density at radius 1 is 0.793 bits per heavy atom. The van der Waals surface area contributed by atoms with Crippen molar-refractivity contribution in [1.29, 1.82) is 5.26 Å². The van der Waals surface area contributed by atoms with Crippen LogP contribution < -0.4 is 9.47 Å². The maximum absolute atomic E-state index is 14.6. The van der Waals surface area contributed by atoms with Crippen LogP contribution in [0.4, 0.5) is 4.79 Å². The predicted molar refractivity (Wildman–Crippen MR) is 222 cm³/mol. The van der Waals surface area contributed by atoms with E-state index in [0.717, 1.165) is 21.6 Å². The molecule has 0 aliphatic carbocycles. The molecule has 1 aliphatic heterocycles. The van der Waals surface area contributed by atoms with E-state index in [1.54, 1.807) is 51.5 Å². The maximum Gasteiger partial charge on any atom is 0.334 e. The number of urea groups is 1. The number of ether oxygens (including phenoxy) is 3. The third kappa shape index (κ3) is 9.92.